The monoisotopic (exact) mass is 319 g/mol. The smallest absolute Gasteiger partial charge is 0.272 e. The molecule has 1 aliphatic carbocycles. The number of hydrogen-bond acceptors (Lipinski definition) is 7. The van der Waals surface area contributed by atoms with E-state index in [2.05, 4.69) is 33.7 Å². The van der Waals surface area contributed by atoms with Crippen LogP contribution in [0.2, 0.25) is 0 Å². The second-order valence-electron chi connectivity index (χ2n) is 6.33. The van der Waals surface area contributed by atoms with E-state index in [4.69, 9.17) is 9.47 Å². The SMILES string of the molecule is CC1=CC23NCC4=C(NNC45OCCO5)C2(C=CS3)CC1=O. The molecule has 116 valence electrons. The first kappa shape index (κ1) is 13.3. The minimum Gasteiger partial charge on any atom is -0.330 e. The summed E-state index contributed by atoms with van der Waals surface area (Å²) in [5, 5.41) is 5.73. The van der Waals surface area contributed by atoms with Crippen LogP contribution in [-0.2, 0) is 14.3 Å². The summed E-state index contributed by atoms with van der Waals surface area (Å²) < 4.78 is 11.6. The Bertz CT molecular complexity index is 680. The Morgan fingerprint density at radius 1 is 1.32 bits per heavy atom. The first-order chi connectivity index (χ1) is 10.6. The van der Waals surface area contributed by atoms with Crippen molar-refractivity contribution in [3.05, 3.63) is 34.4 Å². The van der Waals surface area contributed by atoms with E-state index in [1.165, 1.54) is 0 Å². The average Bonchev–Trinajstić information content (AvgIpc) is 3.18. The Hall–Kier alpha value is -1.12. The molecule has 5 rings (SSSR count). The largest absolute Gasteiger partial charge is 0.330 e. The molecule has 3 N–H and O–H groups in total. The van der Waals surface area contributed by atoms with Gasteiger partial charge in [0.2, 0.25) is 0 Å². The molecule has 4 aliphatic heterocycles. The molecular weight excluding hydrogens is 302 g/mol. The van der Waals surface area contributed by atoms with Gasteiger partial charge >= 0.3 is 0 Å². The van der Waals surface area contributed by atoms with Crippen LogP contribution >= 0.6 is 11.8 Å². The van der Waals surface area contributed by atoms with Gasteiger partial charge in [-0.05, 0) is 24.0 Å². The number of hydrogen-bond donors (Lipinski definition) is 3. The predicted octanol–water partition coefficient (Wildman–Crippen LogP) is 0.514. The molecule has 2 atom stereocenters. The third kappa shape index (κ3) is 1.35. The van der Waals surface area contributed by atoms with E-state index < -0.39 is 11.3 Å². The van der Waals surface area contributed by atoms with Crippen LogP contribution in [0.1, 0.15) is 13.3 Å². The Labute approximate surface area is 132 Å². The second kappa shape index (κ2) is 4.04. The molecule has 5 aliphatic rings. The van der Waals surface area contributed by atoms with Crippen LogP contribution in [0.5, 0.6) is 0 Å². The highest BCUT2D eigenvalue weighted by Gasteiger charge is 2.64. The molecule has 0 radical (unpaired) electrons. The average molecular weight is 319 g/mol. The van der Waals surface area contributed by atoms with Crippen molar-refractivity contribution in [3.63, 3.8) is 0 Å². The second-order valence-corrected chi connectivity index (χ2v) is 7.48. The zero-order valence-corrected chi connectivity index (χ0v) is 13.0. The van der Waals surface area contributed by atoms with Crippen LogP contribution in [0.25, 0.3) is 0 Å². The van der Waals surface area contributed by atoms with Crippen molar-refractivity contribution in [1.29, 1.82) is 0 Å². The summed E-state index contributed by atoms with van der Waals surface area (Å²) in [6.07, 6.45) is 4.67. The third-order valence-corrected chi connectivity index (χ3v) is 6.56. The molecule has 0 aromatic rings. The number of ketones is 1. The number of hydrazine groups is 1. The van der Waals surface area contributed by atoms with Crippen LogP contribution in [0, 0.1) is 5.41 Å². The van der Waals surface area contributed by atoms with Crippen LogP contribution in [0.4, 0.5) is 0 Å². The summed E-state index contributed by atoms with van der Waals surface area (Å²) in [7, 11) is 0. The van der Waals surface area contributed by atoms with Gasteiger partial charge in [-0.15, -0.1) is 11.8 Å². The Balaban J connectivity index is 1.71. The number of nitrogens with one attached hydrogen (secondary N) is 3. The van der Waals surface area contributed by atoms with Crippen molar-refractivity contribution in [1.82, 2.24) is 16.2 Å². The molecule has 7 heteroatoms. The van der Waals surface area contributed by atoms with Gasteiger partial charge in [0.1, 0.15) is 4.87 Å². The fourth-order valence-corrected chi connectivity index (χ4v) is 5.52. The van der Waals surface area contributed by atoms with Crippen LogP contribution in [0.3, 0.4) is 0 Å². The van der Waals surface area contributed by atoms with Gasteiger partial charge < -0.3 is 14.9 Å². The van der Waals surface area contributed by atoms with Gasteiger partial charge in [-0.2, -0.15) is 5.43 Å². The van der Waals surface area contributed by atoms with Gasteiger partial charge in [-0.1, -0.05) is 6.08 Å². The van der Waals surface area contributed by atoms with Crippen molar-refractivity contribution in [3.8, 4) is 0 Å². The van der Waals surface area contributed by atoms with Crippen molar-refractivity contribution < 1.29 is 14.3 Å². The van der Waals surface area contributed by atoms with Gasteiger partial charge in [-0.3, -0.25) is 10.1 Å². The number of carbonyl (C=O) groups is 1. The van der Waals surface area contributed by atoms with E-state index in [1.54, 1.807) is 11.8 Å². The van der Waals surface area contributed by atoms with Gasteiger partial charge in [0.05, 0.1) is 18.6 Å². The Morgan fingerprint density at radius 2 is 2.14 bits per heavy atom. The van der Waals surface area contributed by atoms with E-state index >= 15 is 0 Å². The Kier molecular flexibility index (Phi) is 2.45. The van der Waals surface area contributed by atoms with Gasteiger partial charge in [0, 0.05) is 24.2 Å². The minimum absolute atomic E-state index is 0.189. The summed E-state index contributed by atoms with van der Waals surface area (Å²) >= 11 is 1.73. The quantitative estimate of drug-likeness (QED) is 0.601. The maximum Gasteiger partial charge on any atom is 0.272 e. The van der Waals surface area contributed by atoms with E-state index in [-0.39, 0.29) is 10.7 Å². The molecule has 0 bridgehead atoms. The molecule has 0 aromatic carbocycles. The zero-order chi connectivity index (χ0) is 15.0. The van der Waals surface area contributed by atoms with Gasteiger partial charge in [0.25, 0.3) is 5.91 Å². The molecular formula is C15H17N3O3S. The van der Waals surface area contributed by atoms with Gasteiger partial charge in [-0.25, -0.2) is 0 Å². The molecule has 22 heavy (non-hydrogen) atoms. The fourth-order valence-electron chi connectivity index (χ4n) is 4.15. The summed E-state index contributed by atoms with van der Waals surface area (Å²) in [6.45, 7) is 3.68. The van der Waals surface area contributed by atoms with E-state index in [1.807, 2.05) is 6.92 Å². The first-order valence-corrected chi connectivity index (χ1v) is 8.37. The highest BCUT2D eigenvalue weighted by molar-refractivity contribution is 8.03. The minimum atomic E-state index is -0.885. The lowest BCUT2D eigenvalue weighted by Gasteiger charge is -2.50. The number of ether oxygens (including phenoxy) is 2. The van der Waals surface area contributed by atoms with E-state index in [9.17, 15) is 4.79 Å². The molecule has 6 nitrogen and oxygen atoms in total. The molecule has 0 amide bonds. The standard InChI is InChI=1S/C15H17N3O3S/c1-9-6-14-13(2-5-22-14,7-11(9)19)12-10(8-16-14)15(18-17-12)20-3-4-21-15/h2,5-6,16-18H,3-4,7-8H2,1H3. The number of thioether (sulfide) groups is 1. The maximum atomic E-state index is 12.4. The predicted molar refractivity (Wildman–Crippen MR) is 81.2 cm³/mol. The molecule has 1 fully saturated rings. The fraction of sp³-hybridized carbons (Fsp3) is 0.533. The lowest BCUT2D eigenvalue weighted by molar-refractivity contribution is -0.149. The summed E-state index contributed by atoms with van der Waals surface area (Å²) in [4.78, 5) is 12.1. The summed E-state index contributed by atoms with van der Waals surface area (Å²) in [5.41, 5.74) is 8.89. The van der Waals surface area contributed by atoms with Crippen molar-refractivity contribution >= 4 is 17.5 Å². The zero-order valence-electron chi connectivity index (χ0n) is 12.2. The van der Waals surface area contributed by atoms with E-state index in [0.29, 0.717) is 26.2 Å². The summed E-state index contributed by atoms with van der Waals surface area (Å²) in [6, 6.07) is 0. The van der Waals surface area contributed by atoms with Crippen molar-refractivity contribution in [2.45, 2.75) is 24.1 Å². The molecule has 0 saturated carbocycles. The van der Waals surface area contributed by atoms with Crippen molar-refractivity contribution in [2.75, 3.05) is 19.8 Å². The highest BCUT2D eigenvalue weighted by atomic mass is 32.2. The first-order valence-electron chi connectivity index (χ1n) is 7.49. The number of carbonyl (C=O) groups excluding carboxylic acids is 1. The highest BCUT2D eigenvalue weighted by Crippen LogP contribution is 2.61. The van der Waals surface area contributed by atoms with Crippen LogP contribution in [0.15, 0.2) is 34.4 Å². The lowest BCUT2D eigenvalue weighted by Crippen LogP contribution is -2.61. The third-order valence-electron chi connectivity index (χ3n) is 5.29. The normalized spacial score (nSPS) is 41.3. The van der Waals surface area contributed by atoms with E-state index in [0.717, 1.165) is 16.8 Å². The molecule has 4 heterocycles. The summed E-state index contributed by atoms with van der Waals surface area (Å²) in [5.74, 6) is -0.696. The topological polar surface area (TPSA) is 71.6 Å². The molecule has 0 aromatic heterocycles. The number of Topliss-reactive ketones (excluding diaryl/α,β-unsaturated/α-hetero) is 1. The number of fused-ring (bicyclic) bond motifs is 1. The van der Waals surface area contributed by atoms with Gasteiger partial charge in [0.15, 0.2) is 5.78 Å². The Morgan fingerprint density at radius 3 is 2.95 bits per heavy atom. The van der Waals surface area contributed by atoms with Crippen LogP contribution < -0.4 is 16.2 Å². The van der Waals surface area contributed by atoms with Crippen LogP contribution in [-0.4, -0.2) is 36.3 Å². The number of rotatable bonds is 0. The maximum absolute atomic E-state index is 12.4. The lowest BCUT2D eigenvalue weighted by atomic mass is 9.66. The molecule has 1 spiro atoms. The number of allylic oxidation sites excluding steroid dienone is 1. The van der Waals surface area contributed by atoms with Crippen molar-refractivity contribution in [2.24, 2.45) is 5.41 Å². The molecule has 1 saturated heterocycles. The molecule has 2 unspecified atom stereocenters.